The highest BCUT2D eigenvalue weighted by Crippen LogP contribution is 2.34. The van der Waals surface area contributed by atoms with Gasteiger partial charge in [-0.15, -0.1) is 0 Å². The first-order valence-electron chi connectivity index (χ1n) is 27.0. The third-order valence-electron chi connectivity index (χ3n) is 12.8. The van der Waals surface area contributed by atoms with Crippen LogP contribution in [0.2, 0.25) is 0 Å². The number of benzene rings is 2. The molecule has 6 heteroatoms. The van der Waals surface area contributed by atoms with Crippen LogP contribution in [-0.2, 0) is 12.8 Å². The Morgan fingerprint density at radius 1 is 0.302 bits per heavy atom. The fourth-order valence-electron chi connectivity index (χ4n) is 8.70. The van der Waals surface area contributed by atoms with Crippen molar-refractivity contribution >= 4 is 0 Å². The van der Waals surface area contributed by atoms with Crippen LogP contribution in [-0.4, -0.2) is 49.9 Å². The van der Waals surface area contributed by atoms with Crippen LogP contribution in [0.25, 0.3) is 0 Å². The number of unbranched alkanes of at least 4 members (excludes halogenated alkanes) is 28. The molecular weight excluding hydrogens is 781 g/mol. The summed E-state index contributed by atoms with van der Waals surface area (Å²) in [6.45, 7) is 11.5. The zero-order valence-corrected chi connectivity index (χ0v) is 41.8. The highest BCUT2D eigenvalue weighted by atomic mass is 16.5. The second-order valence-electron chi connectivity index (χ2n) is 19.1. The molecule has 0 fully saturated rings. The third-order valence-corrected chi connectivity index (χ3v) is 12.8. The van der Waals surface area contributed by atoms with E-state index in [1.54, 1.807) is 0 Å². The molecule has 0 aliphatic rings. The summed E-state index contributed by atoms with van der Waals surface area (Å²) < 4.78 is 25.5. The number of ether oxygens (including phenoxy) is 4. The minimum absolute atomic E-state index is 0.154. The zero-order valence-electron chi connectivity index (χ0n) is 41.8. The van der Waals surface area contributed by atoms with E-state index in [9.17, 15) is 10.2 Å². The van der Waals surface area contributed by atoms with Gasteiger partial charge >= 0.3 is 0 Å². The Kier molecular flexibility index (Phi) is 35.9. The molecule has 2 N–H and O–H groups in total. The second-order valence-corrected chi connectivity index (χ2v) is 19.1. The van der Waals surface area contributed by atoms with E-state index in [4.69, 9.17) is 18.9 Å². The molecule has 0 amide bonds. The van der Waals surface area contributed by atoms with Gasteiger partial charge in [-0.1, -0.05) is 207 Å². The molecule has 0 spiro atoms. The lowest BCUT2D eigenvalue weighted by molar-refractivity contribution is 0.0545. The number of hydrogen-bond acceptors (Lipinski definition) is 6. The van der Waals surface area contributed by atoms with Gasteiger partial charge in [-0.3, -0.25) is 0 Å². The quantitative estimate of drug-likeness (QED) is 0.0645. The lowest BCUT2D eigenvalue weighted by atomic mass is 9.77. The molecule has 0 bridgehead atoms. The first kappa shape index (κ1) is 56.7. The van der Waals surface area contributed by atoms with Gasteiger partial charge in [-0.25, -0.2) is 0 Å². The molecule has 0 aliphatic heterocycles. The smallest absolute Gasteiger partial charge is 0.123 e. The predicted molar refractivity (Wildman–Crippen MR) is 269 cm³/mol. The highest BCUT2D eigenvalue weighted by Gasteiger charge is 2.31. The number of rotatable bonds is 46. The summed E-state index contributed by atoms with van der Waals surface area (Å²) in [5.41, 5.74) is 1.22. The molecule has 364 valence electrons. The summed E-state index contributed by atoms with van der Waals surface area (Å²) in [5.74, 6) is 3.22. The SMILES string of the molecule is CCCCCCCCCCOc1cc(CC(CO)(CO)Cc2cc(OCCCCCCCCCC)cc(OCCCCCCCCCC)c2)cc(OCCCCCCCCCC)c1. The van der Waals surface area contributed by atoms with Gasteiger partial charge in [0.1, 0.15) is 23.0 Å². The van der Waals surface area contributed by atoms with Gasteiger partial charge in [0.25, 0.3) is 0 Å². The minimum Gasteiger partial charge on any atom is -0.493 e. The molecule has 0 aromatic heterocycles. The van der Waals surface area contributed by atoms with Gasteiger partial charge in [-0.2, -0.15) is 0 Å². The monoisotopic (exact) mass is 881 g/mol. The molecule has 0 heterocycles. The van der Waals surface area contributed by atoms with Gasteiger partial charge in [0.2, 0.25) is 0 Å². The summed E-state index contributed by atoms with van der Waals surface area (Å²) in [7, 11) is 0. The molecule has 0 atom stereocenters. The average Bonchev–Trinajstić information content (AvgIpc) is 3.29. The van der Waals surface area contributed by atoms with Crippen LogP contribution in [0, 0.1) is 5.41 Å². The first-order valence-corrected chi connectivity index (χ1v) is 27.0. The zero-order chi connectivity index (χ0) is 45.3. The van der Waals surface area contributed by atoms with Crippen molar-refractivity contribution in [2.24, 2.45) is 5.41 Å². The van der Waals surface area contributed by atoms with E-state index in [1.165, 1.54) is 180 Å². The Bertz CT molecular complexity index is 1130. The van der Waals surface area contributed by atoms with Crippen LogP contribution in [0.1, 0.15) is 244 Å². The Hall–Kier alpha value is -2.44. The maximum atomic E-state index is 11.1. The largest absolute Gasteiger partial charge is 0.493 e. The molecule has 2 rings (SSSR count). The summed E-state index contributed by atoms with van der Waals surface area (Å²) >= 11 is 0. The molecule has 2 aromatic rings. The Morgan fingerprint density at radius 2 is 0.508 bits per heavy atom. The van der Waals surface area contributed by atoms with Crippen LogP contribution in [0.3, 0.4) is 0 Å². The maximum Gasteiger partial charge on any atom is 0.123 e. The fraction of sp³-hybridized carbons (Fsp3) is 0.789. The van der Waals surface area contributed by atoms with Crippen LogP contribution in [0.4, 0.5) is 0 Å². The molecule has 0 saturated carbocycles. The normalized spacial score (nSPS) is 11.7. The Morgan fingerprint density at radius 3 is 0.714 bits per heavy atom. The topological polar surface area (TPSA) is 77.4 Å². The van der Waals surface area contributed by atoms with Gasteiger partial charge in [-0.05, 0) is 73.9 Å². The van der Waals surface area contributed by atoms with Crippen molar-refractivity contribution in [1.29, 1.82) is 0 Å². The van der Waals surface area contributed by atoms with Crippen molar-refractivity contribution in [2.75, 3.05) is 39.6 Å². The van der Waals surface area contributed by atoms with Crippen molar-refractivity contribution in [2.45, 2.75) is 246 Å². The summed E-state index contributed by atoms with van der Waals surface area (Å²) in [6.07, 6.45) is 41.3. The van der Waals surface area contributed by atoms with Crippen molar-refractivity contribution in [3.05, 3.63) is 47.5 Å². The summed E-state index contributed by atoms with van der Waals surface area (Å²) in [5, 5.41) is 22.1. The Balaban J connectivity index is 2.17. The van der Waals surface area contributed by atoms with E-state index < -0.39 is 5.41 Å². The first-order chi connectivity index (χ1) is 31.0. The standard InChI is InChI=1S/C57H100O6/c1-5-9-13-17-21-25-29-33-37-60-53-41-51(42-54(45-53)61-38-34-30-26-22-18-14-10-6-2)47-57(49-58,50-59)48-52-43-55(62-39-35-31-27-23-19-15-11-7-3)46-56(44-52)63-40-36-32-28-24-20-16-12-8-4/h41-46,58-59H,5-40,47-50H2,1-4H3. The van der Waals surface area contributed by atoms with Crippen LogP contribution < -0.4 is 18.9 Å². The molecule has 63 heavy (non-hydrogen) atoms. The van der Waals surface area contributed by atoms with Crippen molar-refractivity contribution < 1.29 is 29.2 Å². The molecule has 0 aliphatic carbocycles. The molecule has 2 aromatic carbocycles. The van der Waals surface area contributed by atoms with E-state index in [2.05, 4.69) is 52.0 Å². The average molecular weight is 881 g/mol. The minimum atomic E-state index is -0.795. The third kappa shape index (κ3) is 29.7. The lowest BCUT2D eigenvalue weighted by Crippen LogP contribution is -2.35. The number of aliphatic hydroxyl groups is 2. The highest BCUT2D eigenvalue weighted by molar-refractivity contribution is 5.41. The second kappa shape index (κ2) is 39.9. The van der Waals surface area contributed by atoms with Crippen molar-refractivity contribution in [3.8, 4) is 23.0 Å². The van der Waals surface area contributed by atoms with Crippen LogP contribution in [0.15, 0.2) is 36.4 Å². The van der Waals surface area contributed by atoms with E-state index in [0.717, 1.165) is 59.8 Å². The van der Waals surface area contributed by atoms with E-state index in [1.807, 2.05) is 12.1 Å². The Labute approximate surface area is 389 Å². The van der Waals surface area contributed by atoms with E-state index in [-0.39, 0.29) is 13.2 Å². The van der Waals surface area contributed by atoms with Crippen molar-refractivity contribution in [1.82, 2.24) is 0 Å². The molecule has 6 nitrogen and oxygen atoms in total. The molecule has 0 radical (unpaired) electrons. The molecule has 0 unspecified atom stereocenters. The molecular formula is C57H100O6. The fourth-order valence-corrected chi connectivity index (χ4v) is 8.70. The van der Waals surface area contributed by atoms with Crippen molar-refractivity contribution in [3.63, 3.8) is 0 Å². The summed E-state index contributed by atoms with van der Waals surface area (Å²) in [6, 6.07) is 12.4. The maximum absolute atomic E-state index is 11.1. The summed E-state index contributed by atoms with van der Waals surface area (Å²) in [4.78, 5) is 0. The van der Waals surface area contributed by atoms with Crippen LogP contribution in [0.5, 0.6) is 23.0 Å². The van der Waals surface area contributed by atoms with Gasteiger partial charge in [0, 0.05) is 17.5 Å². The number of aliphatic hydroxyl groups excluding tert-OH is 2. The van der Waals surface area contributed by atoms with E-state index >= 15 is 0 Å². The van der Waals surface area contributed by atoms with Gasteiger partial charge in [0.05, 0.1) is 39.6 Å². The lowest BCUT2D eigenvalue weighted by Gasteiger charge is -2.31. The number of hydrogen-bond donors (Lipinski definition) is 2. The van der Waals surface area contributed by atoms with Crippen LogP contribution >= 0.6 is 0 Å². The molecule has 0 saturated heterocycles. The van der Waals surface area contributed by atoms with Gasteiger partial charge in [0.15, 0.2) is 0 Å². The predicted octanol–water partition coefficient (Wildman–Crippen LogP) is 16.5. The van der Waals surface area contributed by atoms with Gasteiger partial charge < -0.3 is 29.2 Å². The van der Waals surface area contributed by atoms with E-state index in [0.29, 0.717) is 39.3 Å².